The monoisotopic (exact) mass is 210 g/mol. The third-order valence-electron chi connectivity index (χ3n) is 2.54. The third-order valence-corrected chi connectivity index (χ3v) is 2.54. The fraction of sp³-hybridized carbons (Fsp3) is 1.00. The largest absolute Gasteiger partial charge is 0.401 e. The van der Waals surface area contributed by atoms with Gasteiger partial charge in [-0.1, -0.05) is 0 Å². The maximum absolute atomic E-state index is 11.9. The number of likely N-dealkylation sites (tertiary alicyclic amines) is 1. The van der Waals surface area contributed by atoms with Gasteiger partial charge in [0.05, 0.1) is 6.54 Å². The maximum atomic E-state index is 11.9. The summed E-state index contributed by atoms with van der Waals surface area (Å²) in [5.41, 5.74) is 0. The van der Waals surface area contributed by atoms with Gasteiger partial charge in [-0.15, -0.1) is 0 Å². The van der Waals surface area contributed by atoms with E-state index in [4.69, 9.17) is 0 Å². The molecule has 1 aliphatic heterocycles. The van der Waals surface area contributed by atoms with Crippen molar-refractivity contribution in [2.24, 2.45) is 0 Å². The van der Waals surface area contributed by atoms with Gasteiger partial charge in [0.25, 0.3) is 0 Å². The summed E-state index contributed by atoms with van der Waals surface area (Å²) >= 11 is 0. The van der Waals surface area contributed by atoms with Crippen molar-refractivity contribution >= 4 is 0 Å². The Kier molecular flexibility index (Phi) is 3.78. The lowest BCUT2D eigenvalue weighted by atomic mass is 10.2. The van der Waals surface area contributed by atoms with Crippen LogP contribution in [-0.2, 0) is 0 Å². The summed E-state index contributed by atoms with van der Waals surface area (Å²) in [6.45, 7) is 4.88. The van der Waals surface area contributed by atoms with Gasteiger partial charge in [-0.05, 0) is 26.8 Å². The molecule has 1 rings (SSSR count). The van der Waals surface area contributed by atoms with E-state index in [0.29, 0.717) is 6.04 Å². The number of hydrogen-bond donors (Lipinski definition) is 1. The Hall–Kier alpha value is -0.290. The Balaban J connectivity index is 2.23. The van der Waals surface area contributed by atoms with Gasteiger partial charge < -0.3 is 5.32 Å². The first kappa shape index (κ1) is 11.8. The Labute approximate surface area is 82.5 Å². The van der Waals surface area contributed by atoms with Crippen molar-refractivity contribution in [2.45, 2.75) is 38.5 Å². The molecule has 0 aromatic carbocycles. The molecule has 1 fully saturated rings. The highest BCUT2D eigenvalue weighted by atomic mass is 19.4. The average molecular weight is 210 g/mol. The molecule has 1 atom stereocenters. The molecule has 0 spiro atoms. The van der Waals surface area contributed by atoms with Crippen molar-refractivity contribution < 1.29 is 13.2 Å². The second-order valence-electron chi connectivity index (χ2n) is 4.07. The summed E-state index contributed by atoms with van der Waals surface area (Å²) in [6.07, 6.45) is -3.28. The summed E-state index contributed by atoms with van der Waals surface area (Å²) in [5, 5.41) is 2.54. The lowest BCUT2D eigenvalue weighted by Crippen LogP contribution is -2.39. The molecule has 0 radical (unpaired) electrons. The second kappa shape index (κ2) is 4.49. The first-order valence-electron chi connectivity index (χ1n) is 4.92. The van der Waals surface area contributed by atoms with Crippen molar-refractivity contribution in [1.29, 1.82) is 0 Å². The minimum atomic E-state index is -4.09. The molecule has 84 valence electrons. The number of rotatable bonds is 3. The smallest absolute Gasteiger partial charge is 0.305 e. The van der Waals surface area contributed by atoms with Crippen molar-refractivity contribution in [3.63, 3.8) is 0 Å². The average Bonchev–Trinajstić information content (AvgIpc) is 2.47. The molecular formula is C9H17F3N2. The molecule has 0 aromatic heterocycles. The quantitative estimate of drug-likeness (QED) is 0.761. The molecule has 0 aliphatic carbocycles. The highest BCUT2D eigenvalue weighted by Crippen LogP contribution is 2.16. The van der Waals surface area contributed by atoms with Gasteiger partial charge >= 0.3 is 6.18 Å². The van der Waals surface area contributed by atoms with Crippen LogP contribution in [0, 0.1) is 0 Å². The number of alkyl halides is 3. The van der Waals surface area contributed by atoms with Gasteiger partial charge in [0.15, 0.2) is 0 Å². The summed E-state index contributed by atoms with van der Waals surface area (Å²) in [5.74, 6) is 0. The molecule has 5 heteroatoms. The Morgan fingerprint density at radius 1 is 1.43 bits per heavy atom. The lowest BCUT2D eigenvalue weighted by molar-refractivity contribution is -0.126. The Morgan fingerprint density at radius 3 is 2.50 bits per heavy atom. The molecule has 0 amide bonds. The van der Waals surface area contributed by atoms with Gasteiger partial charge in [-0.3, -0.25) is 4.90 Å². The van der Waals surface area contributed by atoms with Gasteiger partial charge in [0.2, 0.25) is 0 Å². The summed E-state index contributed by atoms with van der Waals surface area (Å²) < 4.78 is 35.7. The summed E-state index contributed by atoms with van der Waals surface area (Å²) in [7, 11) is 0. The van der Waals surface area contributed by atoms with Crippen LogP contribution >= 0.6 is 0 Å². The number of hydrogen-bond acceptors (Lipinski definition) is 2. The predicted octanol–water partition coefficient (Wildman–Crippen LogP) is 1.62. The molecule has 0 aromatic rings. The van der Waals surface area contributed by atoms with E-state index in [1.165, 1.54) is 0 Å². The lowest BCUT2D eigenvalue weighted by Gasteiger charge is -2.20. The molecule has 1 aliphatic rings. The first-order chi connectivity index (χ1) is 6.38. The highest BCUT2D eigenvalue weighted by Gasteiger charge is 2.30. The zero-order valence-corrected chi connectivity index (χ0v) is 8.56. The minimum absolute atomic E-state index is 0.000903. The molecular weight excluding hydrogens is 193 g/mol. The Bertz CT molecular complexity index is 179. The van der Waals surface area contributed by atoms with Crippen LogP contribution in [0.2, 0.25) is 0 Å². The zero-order chi connectivity index (χ0) is 10.8. The van der Waals surface area contributed by atoms with E-state index in [9.17, 15) is 13.2 Å². The summed E-state index contributed by atoms with van der Waals surface area (Å²) in [4.78, 5) is 2.19. The van der Waals surface area contributed by atoms with E-state index in [1.54, 1.807) is 0 Å². The molecule has 0 saturated carbocycles. The minimum Gasteiger partial charge on any atom is -0.305 e. The molecule has 14 heavy (non-hydrogen) atoms. The third kappa shape index (κ3) is 3.84. The molecule has 0 bridgehead atoms. The number of halogens is 3. The van der Waals surface area contributed by atoms with Gasteiger partial charge in [0, 0.05) is 18.6 Å². The fourth-order valence-electron chi connectivity index (χ4n) is 1.68. The maximum Gasteiger partial charge on any atom is 0.401 e. The van der Waals surface area contributed by atoms with Crippen LogP contribution in [-0.4, -0.2) is 42.8 Å². The standard InChI is InChI=1S/C9H17F3N2/c1-7(2)14-4-3-8(5-14)13-6-9(10,11)12/h7-8,13H,3-6H2,1-2H3. The highest BCUT2D eigenvalue weighted by molar-refractivity contribution is 4.83. The SMILES string of the molecule is CC(C)N1CCC(NCC(F)(F)F)C1. The van der Waals surface area contributed by atoms with Crippen LogP contribution in [0.5, 0.6) is 0 Å². The summed E-state index contributed by atoms with van der Waals surface area (Å²) in [6, 6.07) is 0.423. The van der Waals surface area contributed by atoms with E-state index < -0.39 is 12.7 Å². The van der Waals surface area contributed by atoms with Crippen LogP contribution < -0.4 is 5.32 Å². The number of nitrogens with zero attached hydrogens (tertiary/aromatic N) is 1. The normalized spacial score (nSPS) is 24.9. The molecule has 1 saturated heterocycles. The van der Waals surface area contributed by atoms with Gasteiger partial charge in [-0.25, -0.2) is 0 Å². The van der Waals surface area contributed by atoms with E-state index in [0.717, 1.165) is 19.5 Å². The van der Waals surface area contributed by atoms with Crippen LogP contribution in [0.4, 0.5) is 13.2 Å². The van der Waals surface area contributed by atoms with E-state index in [2.05, 4.69) is 24.1 Å². The van der Waals surface area contributed by atoms with Crippen LogP contribution in [0.3, 0.4) is 0 Å². The molecule has 1 unspecified atom stereocenters. The van der Waals surface area contributed by atoms with Crippen molar-refractivity contribution in [3.8, 4) is 0 Å². The molecule has 2 nitrogen and oxygen atoms in total. The van der Waals surface area contributed by atoms with E-state index in [-0.39, 0.29) is 6.04 Å². The zero-order valence-electron chi connectivity index (χ0n) is 8.56. The van der Waals surface area contributed by atoms with Gasteiger partial charge in [-0.2, -0.15) is 13.2 Å². The van der Waals surface area contributed by atoms with Crippen molar-refractivity contribution in [3.05, 3.63) is 0 Å². The van der Waals surface area contributed by atoms with E-state index >= 15 is 0 Å². The first-order valence-corrected chi connectivity index (χ1v) is 4.92. The predicted molar refractivity (Wildman–Crippen MR) is 49.2 cm³/mol. The Morgan fingerprint density at radius 2 is 2.07 bits per heavy atom. The van der Waals surface area contributed by atoms with Crippen molar-refractivity contribution in [2.75, 3.05) is 19.6 Å². The van der Waals surface area contributed by atoms with Crippen LogP contribution in [0.25, 0.3) is 0 Å². The molecule has 1 N–H and O–H groups in total. The van der Waals surface area contributed by atoms with Gasteiger partial charge in [0.1, 0.15) is 0 Å². The molecule has 1 heterocycles. The topological polar surface area (TPSA) is 15.3 Å². The van der Waals surface area contributed by atoms with Crippen LogP contribution in [0.1, 0.15) is 20.3 Å². The van der Waals surface area contributed by atoms with Crippen molar-refractivity contribution in [1.82, 2.24) is 10.2 Å². The number of nitrogens with one attached hydrogen (secondary N) is 1. The fourth-order valence-corrected chi connectivity index (χ4v) is 1.68. The second-order valence-corrected chi connectivity index (χ2v) is 4.07. The van der Waals surface area contributed by atoms with Crippen LogP contribution in [0.15, 0.2) is 0 Å². The van der Waals surface area contributed by atoms with E-state index in [1.807, 2.05) is 0 Å².